The lowest BCUT2D eigenvalue weighted by Crippen LogP contribution is -2.24. The molecule has 39 heavy (non-hydrogen) atoms. The molecule has 0 aliphatic heterocycles. The molecule has 4 aromatic rings. The van der Waals surface area contributed by atoms with E-state index < -0.39 is 17.8 Å². The van der Waals surface area contributed by atoms with Crippen molar-refractivity contribution in [2.24, 2.45) is 5.10 Å². The van der Waals surface area contributed by atoms with Crippen molar-refractivity contribution in [3.63, 3.8) is 0 Å². The van der Waals surface area contributed by atoms with Gasteiger partial charge in [-0.25, -0.2) is 15.0 Å². The molecule has 8 heteroatoms. The lowest BCUT2D eigenvalue weighted by Gasteiger charge is -2.11. The van der Waals surface area contributed by atoms with E-state index in [0.717, 1.165) is 6.42 Å². The monoisotopic (exact) mass is 522 g/mol. The predicted octanol–water partition coefficient (Wildman–Crippen LogP) is 5.22. The summed E-state index contributed by atoms with van der Waals surface area (Å²) in [7, 11) is 0. The highest BCUT2D eigenvalue weighted by molar-refractivity contribution is 5.94. The average molecular weight is 523 g/mol. The molecule has 0 radical (unpaired) electrons. The zero-order valence-corrected chi connectivity index (χ0v) is 21.2. The number of carbonyl (C=O) groups is 3. The van der Waals surface area contributed by atoms with Crippen molar-refractivity contribution >= 4 is 24.1 Å². The average Bonchev–Trinajstić information content (AvgIpc) is 2.98. The second kappa shape index (κ2) is 13.3. The molecule has 0 spiro atoms. The number of hydrogen-bond donors (Lipinski definition) is 1. The second-order valence-corrected chi connectivity index (χ2v) is 8.29. The zero-order chi connectivity index (χ0) is 27.5. The molecule has 1 N–H and O–H groups in total. The molecule has 0 aliphatic rings. The van der Waals surface area contributed by atoms with Gasteiger partial charge in [0, 0.05) is 11.6 Å². The van der Waals surface area contributed by atoms with Crippen LogP contribution in [0.2, 0.25) is 0 Å². The van der Waals surface area contributed by atoms with Crippen LogP contribution in [0.3, 0.4) is 0 Å². The molecule has 4 aromatic carbocycles. The largest absolute Gasteiger partial charge is 0.484 e. The first-order valence-corrected chi connectivity index (χ1v) is 12.2. The standard InChI is InChI=1S/C31H26N2O6/c1-2-22-13-16-26(17-14-22)37-21-29(34)33-32-20-25-15-18-27(38-30(35)23-9-5-3-6-10-23)19-28(25)39-31(36)24-11-7-4-8-12-24/h3-20H,2,21H2,1H3,(H,33,34)/b32-20-. The highest BCUT2D eigenvalue weighted by Crippen LogP contribution is 2.26. The summed E-state index contributed by atoms with van der Waals surface area (Å²) in [5.74, 6) is -0.808. The van der Waals surface area contributed by atoms with Gasteiger partial charge >= 0.3 is 11.9 Å². The van der Waals surface area contributed by atoms with Crippen LogP contribution < -0.4 is 19.6 Å². The summed E-state index contributed by atoms with van der Waals surface area (Å²) < 4.78 is 16.5. The summed E-state index contributed by atoms with van der Waals surface area (Å²) in [4.78, 5) is 37.4. The Bertz CT molecular complexity index is 1450. The molecule has 0 atom stereocenters. The van der Waals surface area contributed by atoms with E-state index in [2.05, 4.69) is 17.5 Å². The number of hydrazone groups is 1. The molecular weight excluding hydrogens is 496 g/mol. The van der Waals surface area contributed by atoms with Gasteiger partial charge in [-0.05, 0) is 60.5 Å². The van der Waals surface area contributed by atoms with Crippen LogP contribution in [0.15, 0.2) is 108 Å². The Balaban J connectivity index is 1.45. The minimum atomic E-state index is -0.608. The smallest absolute Gasteiger partial charge is 0.343 e. The molecule has 196 valence electrons. The Labute approximate surface area is 225 Å². The number of hydrogen-bond acceptors (Lipinski definition) is 7. The molecule has 4 rings (SSSR count). The first-order chi connectivity index (χ1) is 19.0. The van der Waals surface area contributed by atoms with E-state index in [1.807, 2.05) is 12.1 Å². The minimum absolute atomic E-state index is 0.0903. The topological polar surface area (TPSA) is 103 Å². The van der Waals surface area contributed by atoms with Crippen LogP contribution in [0, 0.1) is 0 Å². The lowest BCUT2D eigenvalue weighted by atomic mass is 10.2. The maximum absolute atomic E-state index is 12.7. The van der Waals surface area contributed by atoms with Crippen molar-refractivity contribution in [2.75, 3.05) is 6.61 Å². The first kappa shape index (κ1) is 26.8. The summed E-state index contributed by atoms with van der Waals surface area (Å²) in [6, 6.07) is 28.9. The van der Waals surface area contributed by atoms with Gasteiger partial charge in [0.05, 0.1) is 17.3 Å². The number of esters is 2. The fraction of sp³-hybridized carbons (Fsp3) is 0.0968. The van der Waals surface area contributed by atoms with Crippen LogP contribution in [0.5, 0.6) is 17.2 Å². The van der Waals surface area contributed by atoms with Crippen LogP contribution in [-0.4, -0.2) is 30.7 Å². The molecule has 0 unspecified atom stereocenters. The zero-order valence-electron chi connectivity index (χ0n) is 21.2. The molecule has 0 bridgehead atoms. The van der Waals surface area contributed by atoms with Crippen molar-refractivity contribution in [2.45, 2.75) is 13.3 Å². The molecule has 0 heterocycles. The molecule has 0 fully saturated rings. The second-order valence-electron chi connectivity index (χ2n) is 8.29. The van der Waals surface area contributed by atoms with Crippen LogP contribution in [0.4, 0.5) is 0 Å². The highest BCUT2D eigenvalue weighted by atomic mass is 16.5. The van der Waals surface area contributed by atoms with Gasteiger partial charge in [0.2, 0.25) is 0 Å². The van der Waals surface area contributed by atoms with Crippen LogP contribution >= 0.6 is 0 Å². The van der Waals surface area contributed by atoms with E-state index in [4.69, 9.17) is 14.2 Å². The van der Waals surface area contributed by atoms with E-state index in [1.165, 1.54) is 23.9 Å². The molecule has 0 aromatic heterocycles. The number of amides is 1. The molecule has 1 amide bonds. The molecule has 8 nitrogen and oxygen atoms in total. The van der Waals surface area contributed by atoms with E-state index in [-0.39, 0.29) is 18.1 Å². The quantitative estimate of drug-likeness (QED) is 0.133. The van der Waals surface area contributed by atoms with Gasteiger partial charge in [-0.3, -0.25) is 4.79 Å². The van der Waals surface area contributed by atoms with Gasteiger partial charge in [-0.1, -0.05) is 55.5 Å². The fourth-order valence-corrected chi connectivity index (χ4v) is 3.42. The highest BCUT2D eigenvalue weighted by Gasteiger charge is 2.15. The SMILES string of the molecule is CCc1ccc(OCC(=O)N/N=C\c2ccc(OC(=O)c3ccccc3)cc2OC(=O)c2ccccc2)cc1. The van der Waals surface area contributed by atoms with Gasteiger partial charge in [0.25, 0.3) is 5.91 Å². The summed E-state index contributed by atoms with van der Waals surface area (Å²) in [6.07, 6.45) is 2.24. The van der Waals surface area contributed by atoms with Crippen molar-refractivity contribution in [1.29, 1.82) is 0 Å². The number of benzene rings is 4. The fourth-order valence-electron chi connectivity index (χ4n) is 3.42. The van der Waals surface area contributed by atoms with Gasteiger partial charge in [-0.15, -0.1) is 0 Å². The number of nitrogens with one attached hydrogen (secondary N) is 1. The predicted molar refractivity (Wildman–Crippen MR) is 146 cm³/mol. The van der Waals surface area contributed by atoms with Crippen molar-refractivity contribution in [3.8, 4) is 17.2 Å². The molecule has 0 saturated carbocycles. The Morgan fingerprint density at radius 3 is 1.95 bits per heavy atom. The van der Waals surface area contributed by atoms with E-state index in [1.54, 1.807) is 78.9 Å². The van der Waals surface area contributed by atoms with E-state index in [0.29, 0.717) is 22.4 Å². The third-order valence-electron chi connectivity index (χ3n) is 5.51. The number of nitrogens with zero attached hydrogens (tertiary/aromatic N) is 1. The van der Waals surface area contributed by atoms with Gasteiger partial charge < -0.3 is 14.2 Å². The maximum Gasteiger partial charge on any atom is 0.343 e. The number of carbonyl (C=O) groups excluding carboxylic acids is 3. The minimum Gasteiger partial charge on any atom is -0.484 e. The first-order valence-electron chi connectivity index (χ1n) is 12.2. The Morgan fingerprint density at radius 2 is 1.33 bits per heavy atom. The Morgan fingerprint density at radius 1 is 0.744 bits per heavy atom. The van der Waals surface area contributed by atoms with Gasteiger partial charge in [0.1, 0.15) is 17.2 Å². The summed E-state index contributed by atoms with van der Waals surface area (Å²) in [6.45, 7) is 1.83. The van der Waals surface area contributed by atoms with E-state index >= 15 is 0 Å². The van der Waals surface area contributed by atoms with E-state index in [9.17, 15) is 14.4 Å². The van der Waals surface area contributed by atoms with Crippen LogP contribution in [0.25, 0.3) is 0 Å². The number of aryl methyl sites for hydroxylation is 1. The normalized spacial score (nSPS) is 10.6. The Kier molecular flexibility index (Phi) is 9.18. The summed E-state index contributed by atoms with van der Waals surface area (Å²) >= 11 is 0. The maximum atomic E-state index is 12.7. The van der Waals surface area contributed by atoms with Gasteiger partial charge in [0.15, 0.2) is 6.61 Å². The summed E-state index contributed by atoms with van der Waals surface area (Å²) in [5.41, 5.74) is 4.63. The molecular formula is C31H26N2O6. The van der Waals surface area contributed by atoms with Crippen molar-refractivity contribution in [3.05, 3.63) is 125 Å². The van der Waals surface area contributed by atoms with Crippen molar-refractivity contribution < 1.29 is 28.6 Å². The number of rotatable bonds is 10. The third kappa shape index (κ3) is 7.87. The Hall–Kier alpha value is -5.24. The number of ether oxygens (including phenoxy) is 3. The third-order valence-corrected chi connectivity index (χ3v) is 5.51. The molecule has 0 aliphatic carbocycles. The lowest BCUT2D eigenvalue weighted by molar-refractivity contribution is -0.123. The summed E-state index contributed by atoms with van der Waals surface area (Å²) in [5, 5.41) is 3.96. The van der Waals surface area contributed by atoms with Gasteiger partial charge in [-0.2, -0.15) is 5.10 Å². The van der Waals surface area contributed by atoms with Crippen LogP contribution in [0.1, 0.15) is 38.8 Å². The van der Waals surface area contributed by atoms with Crippen LogP contribution in [-0.2, 0) is 11.2 Å². The molecule has 0 saturated heterocycles. The van der Waals surface area contributed by atoms with Crippen molar-refractivity contribution in [1.82, 2.24) is 5.43 Å².